The molecule has 0 radical (unpaired) electrons. The second-order valence-electron chi connectivity index (χ2n) is 6.30. The van der Waals surface area contributed by atoms with E-state index < -0.39 is 11.4 Å². The molecule has 0 aromatic carbocycles. The summed E-state index contributed by atoms with van der Waals surface area (Å²) in [4.78, 5) is 30.6. The summed E-state index contributed by atoms with van der Waals surface area (Å²) < 4.78 is 4.95. The molecule has 7 heteroatoms. The number of thiazole rings is 1. The Kier molecular flexibility index (Phi) is 8.70. The molecule has 1 aromatic rings. The van der Waals surface area contributed by atoms with Gasteiger partial charge in [-0.1, -0.05) is 19.8 Å². The van der Waals surface area contributed by atoms with E-state index in [4.69, 9.17) is 16.3 Å². The molecule has 0 bridgehead atoms. The molecule has 1 heterocycles. The van der Waals surface area contributed by atoms with Gasteiger partial charge in [-0.2, -0.15) is 0 Å². The zero-order chi connectivity index (χ0) is 18.2. The van der Waals surface area contributed by atoms with Crippen LogP contribution in [0.15, 0.2) is 5.38 Å². The first-order valence-electron chi connectivity index (χ1n) is 8.32. The zero-order valence-corrected chi connectivity index (χ0v) is 16.5. The van der Waals surface area contributed by atoms with Crippen molar-refractivity contribution in [2.24, 2.45) is 5.41 Å². The third kappa shape index (κ3) is 6.06. The number of hydrogen-bond donors (Lipinski definition) is 0. The smallest absolute Gasteiger partial charge is 0.357 e. The Hall–Kier alpha value is -1.14. The number of halogens is 1. The van der Waals surface area contributed by atoms with Crippen LogP contribution in [0.4, 0.5) is 0 Å². The lowest BCUT2D eigenvalue weighted by molar-refractivity contribution is -0.140. The van der Waals surface area contributed by atoms with E-state index >= 15 is 0 Å². The third-order valence-electron chi connectivity index (χ3n) is 3.59. The van der Waals surface area contributed by atoms with Crippen molar-refractivity contribution in [2.45, 2.75) is 53.5 Å². The van der Waals surface area contributed by atoms with E-state index in [1.807, 2.05) is 13.8 Å². The Morgan fingerprint density at radius 2 is 2.04 bits per heavy atom. The van der Waals surface area contributed by atoms with Crippen molar-refractivity contribution in [3.05, 3.63) is 16.1 Å². The van der Waals surface area contributed by atoms with E-state index in [0.29, 0.717) is 25.4 Å². The fourth-order valence-electron chi connectivity index (χ4n) is 2.14. The number of esters is 1. The summed E-state index contributed by atoms with van der Waals surface area (Å²) in [5, 5.41) is 2.41. The molecule has 1 aromatic heterocycles. The van der Waals surface area contributed by atoms with E-state index in [-0.39, 0.29) is 11.8 Å². The van der Waals surface area contributed by atoms with Crippen molar-refractivity contribution in [1.82, 2.24) is 9.88 Å². The van der Waals surface area contributed by atoms with Crippen LogP contribution in [0.1, 0.15) is 62.5 Å². The maximum absolute atomic E-state index is 12.8. The van der Waals surface area contributed by atoms with Crippen LogP contribution in [-0.2, 0) is 16.1 Å². The molecule has 0 saturated heterocycles. The van der Waals surface area contributed by atoms with Crippen molar-refractivity contribution in [3.8, 4) is 0 Å². The molecule has 0 unspecified atom stereocenters. The highest BCUT2D eigenvalue weighted by Gasteiger charge is 2.31. The average molecular weight is 375 g/mol. The van der Waals surface area contributed by atoms with Crippen LogP contribution >= 0.6 is 22.9 Å². The van der Waals surface area contributed by atoms with Crippen LogP contribution < -0.4 is 0 Å². The molecule has 0 spiro atoms. The van der Waals surface area contributed by atoms with Crippen molar-refractivity contribution in [1.29, 1.82) is 0 Å². The van der Waals surface area contributed by atoms with Gasteiger partial charge in [0.25, 0.3) is 0 Å². The number of rotatable bonds is 10. The molecule has 5 nitrogen and oxygen atoms in total. The van der Waals surface area contributed by atoms with Crippen LogP contribution in [0.3, 0.4) is 0 Å². The van der Waals surface area contributed by atoms with Crippen LogP contribution in [0.25, 0.3) is 0 Å². The molecule has 0 fully saturated rings. The fourth-order valence-corrected chi connectivity index (χ4v) is 3.03. The van der Waals surface area contributed by atoms with Gasteiger partial charge in [0.2, 0.25) is 5.91 Å². The molecule has 24 heavy (non-hydrogen) atoms. The van der Waals surface area contributed by atoms with Gasteiger partial charge in [-0.3, -0.25) is 4.79 Å². The summed E-state index contributed by atoms with van der Waals surface area (Å²) in [5.74, 6) is -0.145. The second kappa shape index (κ2) is 9.99. The van der Waals surface area contributed by atoms with Crippen molar-refractivity contribution < 1.29 is 14.3 Å². The lowest BCUT2D eigenvalue weighted by Crippen LogP contribution is -2.42. The molecular formula is C17H27ClN2O3S. The molecule has 0 aliphatic heterocycles. The quantitative estimate of drug-likeness (QED) is 0.351. The van der Waals surface area contributed by atoms with Gasteiger partial charge in [-0.05, 0) is 27.2 Å². The van der Waals surface area contributed by atoms with Crippen molar-refractivity contribution in [2.75, 3.05) is 19.0 Å². The van der Waals surface area contributed by atoms with Gasteiger partial charge in [-0.25, -0.2) is 9.78 Å². The van der Waals surface area contributed by atoms with E-state index in [9.17, 15) is 9.59 Å². The first-order chi connectivity index (χ1) is 11.4. The van der Waals surface area contributed by atoms with E-state index in [2.05, 4.69) is 11.9 Å². The lowest BCUT2D eigenvalue weighted by Gasteiger charge is -2.30. The van der Waals surface area contributed by atoms with Crippen molar-refractivity contribution in [3.63, 3.8) is 0 Å². The van der Waals surface area contributed by atoms with Crippen LogP contribution in [0.5, 0.6) is 0 Å². The molecule has 136 valence electrons. The van der Waals surface area contributed by atoms with Gasteiger partial charge in [0.05, 0.1) is 18.6 Å². The van der Waals surface area contributed by atoms with Gasteiger partial charge < -0.3 is 9.64 Å². The molecule has 0 N–H and O–H groups in total. The molecular weight excluding hydrogens is 348 g/mol. The highest BCUT2D eigenvalue weighted by molar-refractivity contribution is 7.09. The average Bonchev–Trinajstić information content (AvgIpc) is 3.02. The number of carbonyl (C=O) groups excluding carboxylic acids is 2. The van der Waals surface area contributed by atoms with Crippen molar-refractivity contribution >= 4 is 34.8 Å². The summed E-state index contributed by atoms with van der Waals surface area (Å²) in [6.45, 7) is 8.96. The number of hydrogen-bond acceptors (Lipinski definition) is 5. The van der Waals surface area contributed by atoms with E-state index in [1.54, 1.807) is 17.2 Å². The highest BCUT2D eigenvalue weighted by atomic mass is 35.5. The zero-order valence-electron chi connectivity index (χ0n) is 14.9. The summed E-state index contributed by atoms with van der Waals surface area (Å²) in [7, 11) is 0. The monoisotopic (exact) mass is 374 g/mol. The van der Waals surface area contributed by atoms with Crippen LogP contribution in [0.2, 0.25) is 0 Å². The molecule has 1 amide bonds. The maximum atomic E-state index is 12.8. The minimum Gasteiger partial charge on any atom is -0.461 e. The summed E-state index contributed by atoms with van der Waals surface area (Å²) >= 11 is 7.32. The number of amides is 1. The van der Waals surface area contributed by atoms with Crippen LogP contribution in [0, 0.1) is 5.41 Å². The fraction of sp³-hybridized carbons (Fsp3) is 0.706. The minimum atomic E-state index is -0.616. The van der Waals surface area contributed by atoms with Gasteiger partial charge >= 0.3 is 5.97 Å². The first kappa shape index (κ1) is 20.9. The number of nitrogens with zero attached hydrogens (tertiary/aromatic N) is 2. The standard InChI is InChI=1S/C17H27ClN2O3S/c1-5-7-8-9-20(16(22)17(3,4)12-18)10-14-19-13(11-24-14)15(21)23-6-2/h11H,5-10,12H2,1-4H3. The maximum Gasteiger partial charge on any atom is 0.357 e. The van der Waals surface area contributed by atoms with Crippen LogP contribution in [-0.4, -0.2) is 40.8 Å². The third-order valence-corrected chi connectivity index (χ3v) is 5.10. The van der Waals surface area contributed by atoms with Gasteiger partial charge in [-0.15, -0.1) is 22.9 Å². The summed E-state index contributed by atoms with van der Waals surface area (Å²) in [5.41, 5.74) is -0.316. The SMILES string of the molecule is CCCCCN(Cc1nc(C(=O)OCC)cs1)C(=O)C(C)(C)CCl. The molecule has 0 aliphatic carbocycles. The topological polar surface area (TPSA) is 59.5 Å². The summed E-state index contributed by atoms with van der Waals surface area (Å²) in [6.07, 6.45) is 3.10. The Morgan fingerprint density at radius 1 is 1.33 bits per heavy atom. The van der Waals surface area contributed by atoms with Gasteiger partial charge in [0.1, 0.15) is 5.01 Å². The number of aromatic nitrogens is 1. The van der Waals surface area contributed by atoms with E-state index in [0.717, 1.165) is 24.3 Å². The second-order valence-corrected chi connectivity index (χ2v) is 7.51. The first-order valence-corrected chi connectivity index (χ1v) is 9.74. The predicted molar refractivity (Wildman–Crippen MR) is 97.5 cm³/mol. The minimum absolute atomic E-state index is 0.0153. The predicted octanol–water partition coefficient (Wildman–Crippen LogP) is 4.10. The Labute approximate surface area is 153 Å². The molecule has 1 rings (SSSR count). The number of alkyl halides is 1. The number of ether oxygens (including phenoxy) is 1. The lowest BCUT2D eigenvalue weighted by atomic mass is 9.94. The largest absolute Gasteiger partial charge is 0.461 e. The number of unbranched alkanes of at least 4 members (excludes halogenated alkanes) is 2. The Balaban J connectivity index is 2.84. The van der Waals surface area contributed by atoms with E-state index in [1.165, 1.54) is 11.3 Å². The van der Waals surface area contributed by atoms with Gasteiger partial charge in [0, 0.05) is 17.8 Å². The number of carbonyl (C=O) groups is 2. The highest BCUT2D eigenvalue weighted by Crippen LogP contribution is 2.23. The normalized spacial score (nSPS) is 11.4. The Bertz CT molecular complexity index is 546. The molecule has 0 atom stereocenters. The molecule has 0 aliphatic rings. The van der Waals surface area contributed by atoms with Gasteiger partial charge in [0.15, 0.2) is 5.69 Å². The Morgan fingerprint density at radius 3 is 2.62 bits per heavy atom. The summed E-state index contributed by atoms with van der Waals surface area (Å²) in [6, 6.07) is 0. The molecule has 0 saturated carbocycles.